The average Bonchev–Trinajstić information content (AvgIpc) is 3.12. The van der Waals surface area contributed by atoms with Crippen molar-refractivity contribution in [1.29, 1.82) is 0 Å². The van der Waals surface area contributed by atoms with Gasteiger partial charge in [0.25, 0.3) is 0 Å². The summed E-state index contributed by atoms with van der Waals surface area (Å²) in [6, 6.07) is 23.8. The largest absolute Gasteiger partial charge is 0.397 e. The number of primary amides is 1. The van der Waals surface area contributed by atoms with Crippen LogP contribution in [0.25, 0.3) is 11.1 Å². The Bertz CT molecular complexity index is 1230. The molecule has 0 aliphatic carbocycles. The fourth-order valence-corrected chi connectivity index (χ4v) is 3.75. The highest BCUT2D eigenvalue weighted by Gasteiger charge is 2.16. The first-order chi connectivity index (χ1) is 15.4. The molecule has 3 aromatic carbocycles. The van der Waals surface area contributed by atoms with Gasteiger partial charge in [-0.05, 0) is 47.9 Å². The second-order valence-electron chi connectivity index (χ2n) is 7.94. The lowest BCUT2D eigenvalue weighted by molar-refractivity contribution is 0.100. The van der Waals surface area contributed by atoms with Crippen molar-refractivity contribution in [3.63, 3.8) is 0 Å². The summed E-state index contributed by atoms with van der Waals surface area (Å²) in [5.74, 6) is -0.431. The van der Waals surface area contributed by atoms with Crippen LogP contribution in [-0.4, -0.2) is 15.7 Å². The van der Waals surface area contributed by atoms with Crippen molar-refractivity contribution in [2.75, 3.05) is 10.6 Å². The topological polar surface area (TPSA) is 90.2 Å². The SMILES string of the molecule is Cc1c(CN(Cc2ccc(C(N)=O)cc2)c2cc(-c3ccccc3)ccc2N)cnn1C. The van der Waals surface area contributed by atoms with Gasteiger partial charge in [-0.1, -0.05) is 48.5 Å². The van der Waals surface area contributed by atoms with Crippen LogP contribution in [0.3, 0.4) is 0 Å². The summed E-state index contributed by atoms with van der Waals surface area (Å²) in [7, 11) is 1.94. The van der Waals surface area contributed by atoms with Crippen molar-refractivity contribution in [2.45, 2.75) is 20.0 Å². The number of carbonyl (C=O) groups is 1. The molecule has 0 saturated carbocycles. The van der Waals surface area contributed by atoms with Gasteiger partial charge in [-0.3, -0.25) is 9.48 Å². The van der Waals surface area contributed by atoms with Gasteiger partial charge in [-0.2, -0.15) is 5.10 Å². The molecule has 0 unspecified atom stereocenters. The summed E-state index contributed by atoms with van der Waals surface area (Å²) in [5, 5.41) is 4.40. The number of nitrogen functional groups attached to an aromatic ring is 1. The van der Waals surface area contributed by atoms with Crippen molar-refractivity contribution in [3.05, 3.63) is 101 Å². The summed E-state index contributed by atoms with van der Waals surface area (Å²) in [6.45, 7) is 3.33. The van der Waals surface area contributed by atoms with Gasteiger partial charge in [-0.25, -0.2) is 0 Å². The number of rotatable bonds is 7. The number of benzene rings is 3. The first-order valence-electron chi connectivity index (χ1n) is 10.5. The Hall–Kier alpha value is -4.06. The van der Waals surface area contributed by atoms with E-state index in [1.807, 2.05) is 60.4 Å². The van der Waals surface area contributed by atoms with E-state index in [0.29, 0.717) is 24.3 Å². The number of carbonyl (C=O) groups excluding carboxylic acids is 1. The minimum atomic E-state index is -0.431. The lowest BCUT2D eigenvalue weighted by Crippen LogP contribution is -2.23. The van der Waals surface area contributed by atoms with Gasteiger partial charge in [0.2, 0.25) is 5.91 Å². The molecule has 6 heteroatoms. The van der Waals surface area contributed by atoms with Crippen molar-refractivity contribution < 1.29 is 4.79 Å². The number of amides is 1. The molecule has 0 bridgehead atoms. The summed E-state index contributed by atoms with van der Waals surface area (Å²) in [6.07, 6.45) is 1.90. The van der Waals surface area contributed by atoms with E-state index in [0.717, 1.165) is 33.6 Å². The molecule has 4 N–H and O–H groups in total. The lowest BCUT2D eigenvalue weighted by Gasteiger charge is -2.27. The molecule has 0 fully saturated rings. The monoisotopic (exact) mass is 425 g/mol. The maximum Gasteiger partial charge on any atom is 0.248 e. The number of nitrogens with two attached hydrogens (primary N) is 2. The van der Waals surface area contributed by atoms with Crippen molar-refractivity contribution >= 4 is 17.3 Å². The Morgan fingerprint density at radius 3 is 2.31 bits per heavy atom. The third kappa shape index (κ3) is 4.49. The minimum Gasteiger partial charge on any atom is -0.397 e. The predicted octanol–water partition coefficient (Wildman–Crippen LogP) is 4.28. The van der Waals surface area contributed by atoms with E-state index in [2.05, 4.69) is 35.1 Å². The zero-order valence-corrected chi connectivity index (χ0v) is 18.3. The Morgan fingerprint density at radius 1 is 0.969 bits per heavy atom. The van der Waals surface area contributed by atoms with Gasteiger partial charge in [0.1, 0.15) is 0 Å². The van der Waals surface area contributed by atoms with E-state index in [1.54, 1.807) is 12.1 Å². The van der Waals surface area contributed by atoms with E-state index in [9.17, 15) is 4.79 Å². The molecule has 0 aliphatic rings. The van der Waals surface area contributed by atoms with Crippen LogP contribution in [0.4, 0.5) is 11.4 Å². The average molecular weight is 426 g/mol. The zero-order chi connectivity index (χ0) is 22.7. The maximum atomic E-state index is 11.4. The quantitative estimate of drug-likeness (QED) is 0.432. The molecular formula is C26H27N5O. The van der Waals surface area contributed by atoms with Gasteiger partial charge >= 0.3 is 0 Å². The molecule has 4 rings (SSSR count). The highest BCUT2D eigenvalue weighted by atomic mass is 16.1. The van der Waals surface area contributed by atoms with Crippen LogP contribution in [0.2, 0.25) is 0 Å². The fourth-order valence-electron chi connectivity index (χ4n) is 3.75. The second kappa shape index (κ2) is 8.98. The third-order valence-corrected chi connectivity index (χ3v) is 5.79. The van der Waals surface area contributed by atoms with Crippen LogP contribution in [0.15, 0.2) is 79.0 Å². The molecule has 0 saturated heterocycles. The highest BCUT2D eigenvalue weighted by Crippen LogP contribution is 2.32. The van der Waals surface area contributed by atoms with Gasteiger partial charge in [0.05, 0.1) is 17.6 Å². The fraction of sp³-hybridized carbons (Fsp3) is 0.154. The van der Waals surface area contributed by atoms with Crippen LogP contribution in [-0.2, 0) is 20.1 Å². The van der Waals surface area contributed by atoms with Crippen LogP contribution < -0.4 is 16.4 Å². The number of aromatic nitrogens is 2. The summed E-state index contributed by atoms with van der Waals surface area (Å²) in [5.41, 5.74) is 19.5. The molecule has 0 spiro atoms. The molecular weight excluding hydrogens is 398 g/mol. The number of hydrogen-bond acceptors (Lipinski definition) is 4. The third-order valence-electron chi connectivity index (χ3n) is 5.79. The Kier molecular flexibility index (Phi) is 5.94. The molecule has 32 heavy (non-hydrogen) atoms. The molecule has 1 amide bonds. The molecule has 1 heterocycles. The van der Waals surface area contributed by atoms with Gasteiger partial charge in [0, 0.05) is 37.0 Å². The summed E-state index contributed by atoms with van der Waals surface area (Å²) < 4.78 is 1.87. The van der Waals surface area contributed by atoms with Crippen LogP contribution in [0.1, 0.15) is 27.2 Å². The first kappa shape index (κ1) is 21.2. The lowest BCUT2D eigenvalue weighted by atomic mass is 10.0. The number of nitrogens with zero attached hydrogens (tertiary/aromatic N) is 3. The van der Waals surface area contributed by atoms with Crippen molar-refractivity contribution in [2.24, 2.45) is 12.8 Å². The Balaban J connectivity index is 1.73. The number of hydrogen-bond donors (Lipinski definition) is 2. The van der Waals surface area contributed by atoms with E-state index < -0.39 is 5.91 Å². The standard InChI is InChI=1S/C26H27N5O/c1-18-23(15-29-30(18)2)17-31(16-19-8-10-21(11-9-19)26(28)32)25-14-22(12-13-24(25)27)20-6-4-3-5-7-20/h3-15H,16-17,27H2,1-2H3,(H2,28,32). The molecule has 0 aliphatic heterocycles. The Morgan fingerprint density at radius 2 is 1.69 bits per heavy atom. The van der Waals surface area contributed by atoms with Gasteiger partial charge in [0.15, 0.2) is 0 Å². The molecule has 162 valence electrons. The van der Waals surface area contributed by atoms with E-state index in [4.69, 9.17) is 11.5 Å². The second-order valence-corrected chi connectivity index (χ2v) is 7.94. The van der Waals surface area contributed by atoms with E-state index >= 15 is 0 Å². The summed E-state index contributed by atoms with van der Waals surface area (Å²) in [4.78, 5) is 13.7. The zero-order valence-electron chi connectivity index (χ0n) is 18.3. The van der Waals surface area contributed by atoms with Crippen molar-refractivity contribution in [1.82, 2.24) is 9.78 Å². The molecule has 0 radical (unpaired) electrons. The minimum absolute atomic E-state index is 0.431. The highest BCUT2D eigenvalue weighted by molar-refractivity contribution is 5.92. The van der Waals surface area contributed by atoms with E-state index in [-0.39, 0.29) is 0 Å². The smallest absolute Gasteiger partial charge is 0.248 e. The maximum absolute atomic E-state index is 11.4. The molecule has 6 nitrogen and oxygen atoms in total. The number of aryl methyl sites for hydroxylation is 1. The van der Waals surface area contributed by atoms with Crippen LogP contribution in [0.5, 0.6) is 0 Å². The number of anilines is 2. The van der Waals surface area contributed by atoms with Crippen LogP contribution in [0, 0.1) is 6.92 Å². The molecule has 1 aromatic heterocycles. The summed E-state index contributed by atoms with van der Waals surface area (Å²) >= 11 is 0. The molecule has 0 atom stereocenters. The van der Waals surface area contributed by atoms with Gasteiger partial charge in [-0.15, -0.1) is 0 Å². The van der Waals surface area contributed by atoms with Crippen molar-refractivity contribution in [3.8, 4) is 11.1 Å². The normalized spacial score (nSPS) is 10.8. The Labute approximate surface area is 188 Å². The molecule has 4 aromatic rings. The first-order valence-corrected chi connectivity index (χ1v) is 10.5. The van der Waals surface area contributed by atoms with Gasteiger partial charge < -0.3 is 16.4 Å². The van der Waals surface area contributed by atoms with E-state index in [1.165, 1.54) is 0 Å². The predicted molar refractivity (Wildman–Crippen MR) is 129 cm³/mol. The van der Waals surface area contributed by atoms with Crippen LogP contribution >= 0.6 is 0 Å².